The largest absolute Gasteiger partial charge is 0.479 e. The van der Waals surface area contributed by atoms with Crippen LogP contribution >= 0.6 is 0 Å². The molecule has 3 rings (SSSR count). The number of rotatable bonds is 12. The third kappa shape index (κ3) is 9.49. The Morgan fingerprint density at radius 1 is 0.936 bits per heavy atom. The van der Waals surface area contributed by atoms with Crippen LogP contribution in [0.5, 0.6) is 5.75 Å². The molecule has 2 atom stereocenters. The van der Waals surface area contributed by atoms with Crippen LogP contribution in [0.15, 0.2) is 47.4 Å². The van der Waals surface area contributed by atoms with Gasteiger partial charge in [0.25, 0.3) is 5.56 Å². The first-order valence-corrected chi connectivity index (χ1v) is 15.0. The number of aromatic nitrogens is 2. The monoisotopic (exact) mass is 661 g/mol. The summed E-state index contributed by atoms with van der Waals surface area (Å²) in [5.74, 6) is -11.6. The minimum Gasteiger partial charge on any atom is -0.479 e. The molecule has 0 fully saturated rings. The van der Waals surface area contributed by atoms with Crippen LogP contribution in [0.4, 0.5) is 17.6 Å². The van der Waals surface area contributed by atoms with Crippen LogP contribution in [0.3, 0.4) is 0 Å². The number of nitrogens with one attached hydrogen (secondary N) is 1. The van der Waals surface area contributed by atoms with Crippen molar-refractivity contribution in [1.29, 1.82) is 0 Å². The van der Waals surface area contributed by atoms with Gasteiger partial charge in [0.2, 0.25) is 17.5 Å². The summed E-state index contributed by atoms with van der Waals surface area (Å²) in [4.78, 5) is 53.0. The molecule has 0 saturated heterocycles. The van der Waals surface area contributed by atoms with Gasteiger partial charge >= 0.3 is 5.97 Å². The van der Waals surface area contributed by atoms with Crippen molar-refractivity contribution in [1.82, 2.24) is 15.1 Å². The number of carbonyl (C=O) groups excluding carboxylic acids is 3. The second kappa shape index (κ2) is 14.9. The Morgan fingerprint density at radius 2 is 1.55 bits per heavy atom. The Hall–Kier alpha value is -4.55. The summed E-state index contributed by atoms with van der Waals surface area (Å²) in [5, 5.41) is 6.50. The maximum absolute atomic E-state index is 14.1. The minimum absolute atomic E-state index is 0.0237. The maximum atomic E-state index is 14.1. The lowest BCUT2D eigenvalue weighted by Crippen LogP contribution is -2.49. The van der Waals surface area contributed by atoms with Gasteiger partial charge in [-0.05, 0) is 49.8 Å². The van der Waals surface area contributed by atoms with Crippen molar-refractivity contribution in [2.45, 2.75) is 90.8 Å². The standard InChI is InChI=1S/C34H39F4N3O6/c1-8-25(41-32(45)20(13-14-39-41)15-19-11-9-10-12-21(19)33(2,3)4)31(44)40-24(17-27(43)47-34(5,6)7)26(42)18-46-30-28(37)22(35)16-23(36)29(30)38/h9-14,16,24-25H,8,15,17-18H2,1-7H3,(H,40,44)/t24-,25?/m0/s1. The van der Waals surface area contributed by atoms with E-state index in [0.717, 1.165) is 15.8 Å². The number of hydrogen-bond acceptors (Lipinski definition) is 7. The zero-order valence-corrected chi connectivity index (χ0v) is 27.4. The number of esters is 1. The molecule has 2 aromatic carbocycles. The number of ether oxygens (including phenoxy) is 2. The molecule has 1 aromatic heterocycles. The molecular formula is C34H39F4N3O6. The van der Waals surface area contributed by atoms with Gasteiger partial charge in [0.15, 0.2) is 23.2 Å². The van der Waals surface area contributed by atoms with Crippen LogP contribution in [0.1, 0.15) is 84.0 Å². The number of amides is 1. The summed E-state index contributed by atoms with van der Waals surface area (Å²) < 4.78 is 66.6. The zero-order valence-electron chi connectivity index (χ0n) is 27.4. The number of Topliss-reactive ketones (excluding diaryl/α,β-unsaturated/α-hetero) is 1. The normalized spacial score (nSPS) is 13.1. The van der Waals surface area contributed by atoms with Gasteiger partial charge in [-0.2, -0.15) is 13.9 Å². The molecule has 1 amide bonds. The van der Waals surface area contributed by atoms with Gasteiger partial charge in [-0.15, -0.1) is 0 Å². The molecule has 0 spiro atoms. The van der Waals surface area contributed by atoms with Gasteiger partial charge in [-0.1, -0.05) is 52.0 Å². The van der Waals surface area contributed by atoms with Crippen molar-refractivity contribution in [2.75, 3.05) is 6.61 Å². The van der Waals surface area contributed by atoms with Crippen molar-refractivity contribution < 1.29 is 41.4 Å². The summed E-state index contributed by atoms with van der Waals surface area (Å²) in [5.41, 5.74) is 0.611. The fourth-order valence-electron chi connectivity index (χ4n) is 4.89. The second-order valence-corrected chi connectivity index (χ2v) is 13.0. The van der Waals surface area contributed by atoms with Crippen molar-refractivity contribution in [2.24, 2.45) is 0 Å². The van der Waals surface area contributed by atoms with Crippen LogP contribution in [-0.4, -0.2) is 45.7 Å². The Balaban J connectivity index is 1.90. The fourth-order valence-corrected chi connectivity index (χ4v) is 4.89. The van der Waals surface area contributed by atoms with Gasteiger partial charge in [0.05, 0.1) is 6.42 Å². The molecule has 1 N–H and O–H groups in total. The van der Waals surface area contributed by atoms with Crippen LogP contribution in [0.2, 0.25) is 0 Å². The molecule has 0 radical (unpaired) electrons. The summed E-state index contributed by atoms with van der Waals surface area (Å²) in [6, 6.07) is 6.31. The predicted octanol–water partition coefficient (Wildman–Crippen LogP) is 5.50. The number of hydrogen-bond donors (Lipinski definition) is 1. The number of halogens is 4. The zero-order chi connectivity index (χ0) is 35.3. The maximum Gasteiger partial charge on any atom is 0.308 e. The Morgan fingerprint density at radius 3 is 2.13 bits per heavy atom. The predicted molar refractivity (Wildman–Crippen MR) is 165 cm³/mol. The van der Waals surface area contributed by atoms with E-state index < -0.39 is 82.9 Å². The number of ketones is 1. The smallest absolute Gasteiger partial charge is 0.308 e. The lowest BCUT2D eigenvalue weighted by molar-refractivity contribution is -0.156. The van der Waals surface area contributed by atoms with Crippen LogP contribution in [0, 0.1) is 23.3 Å². The lowest BCUT2D eigenvalue weighted by atomic mass is 9.82. The van der Waals surface area contributed by atoms with Crippen molar-refractivity contribution >= 4 is 17.7 Å². The van der Waals surface area contributed by atoms with E-state index in [1.807, 2.05) is 24.3 Å². The van der Waals surface area contributed by atoms with Crippen LogP contribution < -0.4 is 15.6 Å². The summed E-state index contributed by atoms with van der Waals surface area (Å²) >= 11 is 0. The molecule has 254 valence electrons. The fraction of sp³-hybridized carbons (Fsp3) is 0.441. The number of nitrogens with zero attached hydrogens (tertiary/aromatic N) is 2. The van der Waals surface area contributed by atoms with Gasteiger partial charge < -0.3 is 14.8 Å². The second-order valence-electron chi connectivity index (χ2n) is 13.0. The minimum atomic E-state index is -1.87. The van der Waals surface area contributed by atoms with Gasteiger partial charge in [0, 0.05) is 24.2 Å². The lowest BCUT2D eigenvalue weighted by Gasteiger charge is -2.24. The molecule has 0 aliphatic rings. The molecule has 1 unspecified atom stereocenters. The first-order chi connectivity index (χ1) is 21.8. The highest BCUT2D eigenvalue weighted by Crippen LogP contribution is 2.28. The van der Waals surface area contributed by atoms with Crippen LogP contribution in [-0.2, 0) is 31.0 Å². The number of carbonyl (C=O) groups is 3. The summed E-state index contributed by atoms with van der Waals surface area (Å²) in [6.45, 7) is 11.3. The van der Waals surface area contributed by atoms with Gasteiger partial charge in [-0.25, -0.2) is 13.5 Å². The third-order valence-corrected chi connectivity index (χ3v) is 7.07. The van der Waals surface area contributed by atoms with E-state index in [-0.39, 0.29) is 24.3 Å². The van der Waals surface area contributed by atoms with E-state index in [4.69, 9.17) is 9.47 Å². The van der Waals surface area contributed by atoms with E-state index >= 15 is 0 Å². The quantitative estimate of drug-likeness (QED) is 0.155. The molecule has 0 saturated carbocycles. The highest BCUT2D eigenvalue weighted by Gasteiger charge is 2.32. The molecule has 13 heteroatoms. The van der Waals surface area contributed by atoms with Crippen molar-refractivity contribution in [3.63, 3.8) is 0 Å². The van der Waals surface area contributed by atoms with E-state index in [1.165, 1.54) is 6.20 Å². The molecule has 1 heterocycles. The highest BCUT2D eigenvalue weighted by atomic mass is 19.2. The molecular weight excluding hydrogens is 622 g/mol. The van der Waals surface area contributed by atoms with Gasteiger partial charge in [0.1, 0.15) is 24.3 Å². The molecule has 9 nitrogen and oxygen atoms in total. The van der Waals surface area contributed by atoms with Crippen molar-refractivity contribution in [3.05, 3.63) is 92.9 Å². The van der Waals surface area contributed by atoms with E-state index in [2.05, 4.69) is 31.2 Å². The average molecular weight is 662 g/mol. The Labute approximate surface area is 270 Å². The van der Waals surface area contributed by atoms with E-state index in [1.54, 1.807) is 33.8 Å². The van der Waals surface area contributed by atoms with E-state index in [9.17, 15) is 36.7 Å². The van der Waals surface area contributed by atoms with Gasteiger partial charge in [-0.3, -0.25) is 19.2 Å². The topological polar surface area (TPSA) is 117 Å². The summed E-state index contributed by atoms with van der Waals surface area (Å²) in [6.07, 6.45) is 0.960. The first-order valence-electron chi connectivity index (χ1n) is 15.0. The first kappa shape index (κ1) is 36.9. The average Bonchev–Trinajstić information content (AvgIpc) is 2.96. The molecule has 0 bridgehead atoms. The molecule has 0 aliphatic heterocycles. The molecule has 0 aliphatic carbocycles. The molecule has 47 heavy (non-hydrogen) atoms. The van der Waals surface area contributed by atoms with Crippen LogP contribution in [0.25, 0.3) is 0 Å². The Kier molecular flexibility index (Phi) is 11.7. The molecule has 3 aromatic rings. The van der Waals surface area contributed by atoms with Crippen molar-refractivity contribution in [3.8, 4) is 5.75 Å². The summed E-state index contributed by atoms with van der Waals surface area (Å²) in [7, 11) is 0. The highest BCUT2D eigenvalue weighted by molar-refractivity contribution is 5.94. The third-order valence-electron chi connectivity index (χ3n) is 7.07. The Bertz CT molecular complexity index is 1670. The number of benzene rings is 2. The SMILES string of the molecule is CCC(C(=O)N[C@@H](CC(=O)OC(C)(C)C)C(=O)COc1c(F)c(F)cc(F)c1F)n1nccc(Cc2ccccc2C(C)(C)C)c1=O. The van der Waals surface area contributed by atoms with E-state index in [0.29, 0.717) is 5.56 Å².